The lowest BCUT2D eigenvalue weighted by atomic mass is 10.0. The first-order valence-corrected chi connectivity index (χ1v) is 15.0. The highest BCUT2D eigenvalue weighted by molar-refractivity contribution is 7.40. The van der Waals surface area contributed by atoms with E-state index < -0.39 is 14.7 Å². The molecule has 7 nitrogen and oxygen atoms in total. The van der Waals surface area contributed by atoms with Crippen molar-refractivity contribution in [1.82, 2.24) is 0 Å². The molecule has 0 heterocycles. The van der Waals surface area contributed by atoms with Crippen LogP contribution in [0.3, 0.4) is 0 Å². The molecular formula is C28H51NO6P+. The molecule has 1 aromatic carbocycles. The summed E-state index contributed by atoms with van der Waals surface area (Å²) in [5.74, 6) is 0.740. The summed E-state index contributed by atoms with van der Waals surface area (Å²) in [5.41, 5.74) is 1.25. The van der Waals surface area contributed by atoms with Gasteiger partial charge in [0.05, 0.1) is 33.9 Å². The Hall–Kier alpha value is -1.24. The van der Waals surface area contributed by atoms with E-state index in [1.54, 1.807) is 0 Å². The SMILES string of the molecule is CCCCCCCCCCCCCc1cccc(OCC(COP(O)OCCC[NH+](C)C)OC=O)c1. The Morgan fingerprint density at radius 1 is 0.917 bits per heavy atom. The second-order valence-corrected chi connectivity index (χ2v) is 10.8. The summed E-state index contributed by atoms with van der Waals surface area (Å²) in [6.07, 6.45) is 16.0. The van der Waals surface area contributed by atoms with Crippen molar-refractivity contribution in [1.29, 1.82) is 0 Å². The quantitative estimate of drug-likeness (QED) is 0.103. The number of ether oxygens (including phenoxy) is 2. The van der Waals surface area contributed by atoms with E-state index in [-0.39, 0.29) is 13.2 Å². The predicted octanol–water partition coefficient (Wildman–Crippen LogP) is 5.25. The Balaban J connectivity index is 2.21. The largest absolute Gasteiger partial charge is 0.490 e. The zero-order chi connectivity index (χ0) is 26.3. The first-order valence-electron chi connectivity index (χ1n) is 13.9. The van der Waals surface area contributed by atoms with Gasteiger partial charge >= 0.3 is 8.60 Å². The highest BCUT2D eigenvalue weighted by Crippen LogP contribution is 2.33. The van der Waals surface area contributed by atoms with Gasteiger partial charge in [-0.1, -0.05) is 83.3 Å². The summed E-state index contributed by atoms with van der Waals surface area (Å²) < 4.78 is 21.5. The Kier molecular flexibility index (Phi) is 20.9. The second-order valence-electron chi connectivity index (χ2n) is 9.78. The van der Waals surface area contributed by atoms with Gasteiger partial charge in [-0.15, -0.1) is 0 Å². The van der Waals surface area contributed by atoms with Crippen LogP contribution in [0.25, 0.3) is 0 Å². The van der Waals surface area contributed by atoms with Crippen LogP contribution in [0.1, 0.15) is 89.5 Å². The van der Waals surface area contributed by atoms with Crippen LogP contribution in [0.2, 0.25) is 0 Å². The molecule has 1 aromatic rings. The molecule has 2 atom stereocenters. The first-order chi connectivity index (χ1) is 17.5. The van der Waals surface area contributed by atoms with Gasteiger partial charge in [0.1, 0.15) is 12.4 Å². The molecule has 36 heavy (non-hydrogen) atoms. The van der Waals surface area contributed by atoms with Gasteiger partial charge in [0, 0.05) is 6.42 Å². The fourth-order valence-electron chi connectivity index (χ4n) is 3.93. The maximum atomic E-state index is 10.9. The van der Waals surface area contributed by atoms with Crippen LogP contribution in [0.15, 0.2) is 24.3 Å². The van der Waals surface area contributed by atoms with Crippen molar-refractivity contribution >= 4 is 15.1 Å². The normalized spacial score (nSPS) is 13.0. The maximum Gasteiger partial charge on any atom is 0.329 e. The van der Waals surface area contributed by atoms with Crippen LogP contribution >= 0.6 is 8.60 Å². The van der Waals surface area contributed by atoms with Gasteiger partial charge in [-0.3, -0.25) is 4.79 Å². The van der Waals surface area contributed by atoms with Crippen molar-refractivity contribution in [2.45, 2.75) is 96.5 Å². The lowest BCUT2D eigenvalue weighted by molar-refractivity contribution is -0.858. The Morgan fingerprint density at radius 3 is 2.22 bits per heavy atom. The number of quaternary nitrogens is 1. The van der Waals surface area contributed by atoms with Crippen LogP contribution in [0, 0.1) is 0 Å². The van der Waals surface area contributed by atoms with Crippen molar-refractivity contribution in [3.63, 3.8) is 0 Å². The molecule has 0 bridgehead atoms. The Bertz CT molecular complexity index is 648. The number of aryl methyl sites for hydroxylation is 1. The topological polar surface area (TPSA) is 78.7 Å². The molecule has 0 amide bonds. The zero-order valence-electron chi connectivity index (χ0n) is 22.9. The molecule has 0 saturated heterocycles. The minimum absolute atomic E-state index is 0.0122. The van der Waals surface area contributed by atoms with E-state index in [4.69, 9.17) is 18.5 Å². The van der Waals surface area contributed by atoms with E-state index in [0.717, 1.165) is 25.1 Å². The van der Waals surface area contributed by atoms with Crippen molar-refractivity contribution in [3.8, 4) is 5.75 Å². The van der Waals surface area contributed by atoms with Gasteiger partial charge in [0.15, 0.2) is 6.10 Å². The number of nitrogens with one attached hydrogen (secondary N) is 1. The van der Waals surface area contributed by atoms with Gasteiger partial charge in [-0.25, -0.2) is 0 Å². The van der Waals surface area contributed by atoms with E-state index in [1.165, 1.54) is 81.1 Å². The second kappa shape index (κ2) is 22.9. The van der Waals surface area contributed by atoms with Crippen molar-refractivity contribution in [2.24, 2.45) is 0 Å². The molecule has 2 N–H and O–H groups in total. The van der Waals surface area contributed by atoms with Gasteiger partial charge in [-0.05, 0) is 30.5 Å². The summed E-state index contributed by atoms with van der Waals surface area (Å²) in [6.45, 7) is 4.18. The molecule has 0 aromatic heterocycles. The number of unbranched alkanes of at least 4 members (excludes halogenated alkanes) is 10. The van der Waals surface area contributed by atoms with Gasteiger partial charge in [0.25, 0.3) is 6.47 Å². The molecule has 2 unspecified atom stereocenters. The molecule has 208 valence electrons. The lowest BCUT2D eigenvalue weighted by Gasteiger charge is -2.18. The van der Waals surface area contributed by atoms with Gasteiger partial charge in [0.2, 0.25) is 0 Å². The molecule has 0 aliphatic rings. The number of hydrogen-bond donors (Lipinski definition) is 2. The summed E-state index contributed by atoms with van der Waals surface area (Å²) in [5, 5.41) is 0. The van der Waals surface area contributed by atoms with E-state index in [1.807, 2.05) is 18.2 Å². The number of hydrogen-bond acceptors (Lipinski definition) is 6. The molecular weight excluding hydrogens is 477 g/mol. The maximum absolute atomic E-state index is 10.9. The monoisotopic (exact) mass is 528 g/mol. The summed E-state index contributed by atoms with van der Waals surface area (Å²) >= 11 is 0. The molecule has 0 aliphatic carbocycles. The average molecular weight is 529 g/mol. The van der Waals surface area contributed by atoms with E-state index >= 15 is 0 Å². The van der Waals surface area contributed by atoms with Crippen molar-refractivity contribution in [3.05, 3.63) is 29.8 Å². The third-order valence-corrected chi connectivity index (χ3v) is 6.82. The van der Waals surface area contributed by atoms with Crippen LogP contribution < -0.4 is 9.64 Å². The predicted molar refractivity (Wildman–Crippen MR) is 146 cm³/mol. The van der Waals surface area contributed by atoms with Crippen LogP contribution in [0.4, 0.5) is 0 Å². The summed E-state index contributed by atoms with van der Waals surface area (Å²) in [6, 6.07) is 8.06. The summed E-state index contributed by atoms with van der Waals surface area (Å²) in [4.78, 5) is 22.1. The van der Waals surface area contributed by atoms with E-state index in [0.29, 0.717) is 13.1 Å². The highest BCUT2D eigenvalue weighted by atomic mass is 31.2. The first kappa shape index (κ1) is 32.8. The van der Waals surface area contributed by atoms with Crippen LogP contribution in [-0.2, 0) is 25.0 Å². The van der Waals surface area contributed by atoms with Crippen molar-refractivity contribution in [2.75, 3.05) is 40.5 Å². The highest BCUT2D eigenvalue weighted by Gasteiger charge is 2.16. The standard InChI is InChI=1S/C28H50NO6P/c1-4-5-6-7-8-9-10-11-12-13-14-17-26-18-15-19-27(22-26)32-23-28(33-25-30)24-35-36(31)34-21-16-20-29(2)3/h15,18-19,22,25,28,31H,4-14,16-17,20-21,23-24H2,1-3H3/p+1. The third kappa shape index (κ3) is 18.9. The summed E-state index contributed by atoms with van der Waals surface area (Å²) in [7, 11) is 2.12. The van der Waals surface area contributed by atoms with Gasteiger partial charge in [-0.2, -0.15) is 0 Å². The fourth-order valence-corrected chi connectivity index (χ4v) is 4.58. The van der Waals surface area contributed by atoms with Crippen LogP contribution in [0.5, 0.6) is 5.75 Å². The number of rotatable bonds is 25. The third-order valence-electron chi connectivity index (χ3n) is 6.05. The number of carbonyl (C=O) groups is 1. The molecule has 0 saturated carbocycles. The zero-order valence-corrected chi connectivity index (χ0v) is 23.8. The molecule has 8 heteroatoms. The minimum Gasteiger partial charge on any atom is -0.490 e. The molecule has 0 radical (unpaired) electrons. The molecule has 0 spiro atoms. The van der Waals surface area contributed by atoms with E-state index in [2.05, 4.69) is 27.1 Å². The molecule has 0 fully saturated rings. The Morgan fingerprint density at radius 2 is 1.58 bits per heavy atom. The molecule has 1 rings (SSSR count). The lowest BCUT2D eigenvalue weighted by Crippen LogP contribution is -3.05. The number of benzene rings is 1. The van der Waals surface area contributed by atoms with Crippen LogP contribution in [-0.4, -0.2) is 57.9 Å². The average Bonchev–Trinajstić information content (AvgIpc) is 2.87. The number of carbonyl (C=O) groups excluding carboxylic acids is 1. The Labute approximate surface area is 220 Å². The van der Waals surface area contributed by atoms with Gasteiger partial charge < -0.3 is 28.3 Å². The molecule has 0 aliphatic heterocycles. The smallest absolute Gasteiger partial charge is 0.329 e. The van der Waals surface area contributed by atoms with Crippen molar-refractivity contribution < 1.29 is 33.1 Å². The fraction of sp³-hybridized carbons (Fsp3) is 0.750. The van der Waals surface area contributed by atoms with E-state index in [9.17, 15) is 9.69 Å². The minimum atomic E-state index is -2.00.